The van der Waals surface area contributed by atoms with Gasteiger partial charge in [-0.2, -0.15) is 0 Å². The first-order valence-electron chi connectivity index (χ1n) is 6.05. The van der Waals surface area contributed by atoms with Crippen LogP contribution in [0.2, 0.25) is 5.02 Å². The van der Waals surface area contributed by atoms with Crippen molar-refractivity contribution in [3.05, 3.63) is 41.0 Å². The van der Waals surface area contributed by atoms with E-state index in [-0.39, 0.29) is 0 Å². The summed E-state index contributed by atoms with van der Waals surface area (Å²) in [5.74, 6) is 0.982. The lowest BCUT2D eigenvalue weighted by atomic mass is 10.2. The van der Waals surface area contributed by atoms with Gasteiger partial charge in [-0.05, 0) is 30.7 Å². The zero-order valence-electron chi connectivity index (χ0n) is 11.1. The summed E-state index contributed by atoms with van der Waals surface area (Å²) in [4.78, 5) is 8.64. The maximum Gasteiger partial charge on any atom is 0.207 e. The van der Waals surface area contributed by atoms with E-state index < -0.39 is 0 Å². The zero-order chi connectivity index (χ0) is 14.3. The van der Waals surface area contributed by atoms with Crippen LogP contribution in [0.4, 0.5) is 5.95 Å². The molecule has 0 aliphatic rings. The molecule has 6 heteroatoms. The Morgan fingerprint density at radius 1 is 1.35 bits per heavy atom. The lowest BCUT2D eigenvalue weighted by molar-refractivity contribution is 0.413. The number of nitrogens with two attached hydrogens (primary N) is 1. The van der Waals surface area contributed by atoms with E-state index in [1.54, 1.807) is 23.9 Å². The first-order chi connectivity index (χ1) is 9.61. The quantitative estimate of drug-likeness (QED) is 0.787. The van der Waals surface area contributed by atoms with Crippen LogP contribution in [-0.4, -0.2) is 21.6 Å². The topological polar surface area (TPSA) is 66.0 Å². The van der Waals surface area contributed by atoms with Crippen LogP contribution in [0, 0.1) is 6.92 Å². The fraction of sp³-hybridized carbons (Fsp3) is 0.143. The van der Waals surface area contributed by atoms with E-state index in [2.05, 4.69) is 9.97 Å². The molecule has 0 fully saturated rings. The summed E-state index contributed by atoms with van der Waals surface area (Å²) in [5.41, 5.74) is 9.14. The van der Waals surface area contributed by atoms with Crippen molar-refractivity contribution in [2.75, 3.05) is 12.8 Å². The summed E-state index contributed by atoms with van der Waals surface area (Å²) < 4.78 is 7.15. The van der Waals surface area contributed by atoms with Gasteiger partial charge >= 0.3 is 0 Å². The van der Waals surface area contributed by atoms with E-state index >= 15 is 0 Å². The largest absolute Gasteiger partial charge is 0.495 e. The highest BCUT2D eigenvalue weighted by Crippen LogP contribution is 2.32. The van der Waals surface area contributed by atoms with Gasteiger partial charge in [0.25, 0.3) is 0 Å². The molecule has 3 aromatic rings. The van der Waals surface area contributed by atoms with Crippen LogP contribution in [0.5, 0.6) is 5.75 Å². The van der Waals surface area contributed by atoms with Gasteiger partial charge in [0, 0.05) is 17.3 Å². The number of anilines is 1. The highest BCUT2D eigenvalue weighted by molar-refractivity contribution is 6.31. The molecular formula is C14H13ClN4O. The summed E-state index contributed by atoms with van der Waals surface area (Å²) in [6.45, 7) is 1.92. The number of hydrogen-bond acceptors (Lipinski definition) is 4. The van der Waals surface area contributed by atoms with Gasteiger partial charge in [-0.15, -0.1) is 0 Å². The third kappa shape index (κ3) is 1.87. The second-order valence-electron chi connectivity index (χ2n) is 4.42. The van der Waals surface area contributed by atoms with E-state index in [9.17, 15) is 0 Å². The molecule has 20 heavy (non-hydrogen) atoms. The summed E-state index contributed by atoms with van der Waals surface area (Å²) in [6, 6.07) is 7.36. The highest BCUT2D eigenvalue weighted by Gasteiger charge is 2.16. The molecule has 3 rings (SSSR count). The number of fused-ring (bicyclic) bond motifs is 1. The van der Waals surface area contributed by atoms with Crippen molar-refractivity contribution in [3.63, 3.8) is 0 Å². The van der Waals surface area contributed by atoms with Gasteiger partial charge in [-0.25, -0.2) is 9.97 Å². The van der Waals surface area contributed by atoms with Gasteiger partial charge in [0.05, 0.1) is 12.8 Å². The molecule has 0 radical (unpaired) electrons. The van der Waals surface area contributed by atoms with Gasteiger partial charge in [-0.3, -0.25) is 4.57 Å². The molecule has 0 atom stereocenters. The van der Waals surface area contributed by atoms with Gasteiger partial charge < -0.3 is 10.5 Å². The smallest absolute Gasteiger partial charge is 0.207 e. The van der Waals surface area contributed by atoms with Crippen LogP contribution in [0.1, 0.15) is 5.56 Å². The maximum atomic E-state index is 6.13. The summed E-state index contributed by atoms with van der Waals surface area (Å²) in [5, 5.41) is 0.640. The molecule has 0 aliphatic heterocycles. The minimum absolute atomic E-state index is 0.360. The number of nitrogens with zero attached hydrogens (tertiary/aromatic N) is 3. The van der Waals surface area contributed by atoms with Gasteiger partial charge in [-0.1, -0.05) is 11.6 Å². The van der Waals surface area contributed by atoms with Crippen LogP contribution < -0.4 is 10.5 Å². The Bertz CT molecular complexity index is 797. The zero-order valence-corrected chi connectivity index (χ0v) is 11.8. The second-order valence-corrected chi connectivity index (χ2v) is 4.83. The Kier molecular flexibility index (Phi) is 2.99. The monoisotopic (exact) mass is 288 g/mol. The number of benzene rings is 1. The SMILES string of the molecule is COc1cc(Cl)c(C)cc1-n1c(N)nc2cccnc21. The number of methoxy groups -OCH3 is 1. The minimum Gasteiger partial charge on any atom is -0.495 e. The van der Waals surface area contributed by atoms with Crippen molar-refractivity contribution >= 4 is 28.7 Å². The normalized spacial score (nSPS) is 10.9. The van der Waals surface area contributed by atoms with E-state index in [1.165, 1.54) is 0 Å². The molecule has 1 aromatic carbocycles. The van der Waals surface area contributed by atoms with Gasteiger partial charge in [0.1, 0.15) is 11.3 Å². The van der Waals surface area contributed by atoms with E-state index in [0.717, 1.165) is 16.8 Å². The summed E-state index contributed by atoms with van der Waals surface area (Å²) in [7, 11) is 1.59. The standard InChI is InChI=1S/C14H13ClN4O/c1-8-6-11(12(20-2)7-9(8)15)19-13-10(18-14(19)16)4-3-5-17-13/h3-7H,1-2H3,(H2,16,18). The van der Waals surface area contributed by atoms with Crippen LogP contribution >= 0.6 is 11.6 Å². The number of rotatable bonds is 2. The lowest BCUT2D eigenvalue weighted by Crippen LogP contribution is -2.04. The van der Waals surface area contributed by atoms with Crippen LogP contribution in [0.15, 0.2) is 30.5 Å². The molecule has 2 N–H and O–H groups in total. The van der Waals surface area contributed by atoms with Crippen molar-refractivity contribution in [1.29, 1.82) is 0 Å². The first-order valence-corrected chi connectivity index (χ1v) is 6.43. The number of pyridine rings is 1. The molecule has 102 valence electrons. The van der Waals surface area contributed by atoms with E-state index in [4.69, 9.17) is 22.1 Å². The fourth-order valence-electron chi connectivity index (χ4n) is 2.15. The van der Waals surface area contributed by atoms with Gasteiger partial charge in [0.15, 0.2) is 5.65 Å². The van der Waals surface area contributed by atoms with Crippen LogP contribution in [0.25, 0.3) is 16.9 Å². The second kappa shape index (κ2) is 4.68. The Morgan fingerprint density at radius 3 is 2.90 bits per heavy atom. The number of aromatic nitrogens is 3. The third-order valence-electron chi connectivity index (χ3n) is 3.14. The van der Waals surface area contributed by atoms with E-state index in [1.807, 2.05) is 25.1 Å². The average Bonchev–Trinajstić information content (AvgIpc) is 2.77. The number of halogens is 1. The number of imidazole rings is 1. The summed E-state index contributed by atoms with van der Waals surface area (Å²) in [6.07, 6.45) is 1.70. The lowest BCUT2D eigenvalue weighted by Gasteiger charge is -2.13. The van der Waals surface area contributed by atoms with Crippen molar-refractivity contribution in [2.24, 2.45) is 0 Å². The number of hydrogen-bond donors (Lipinski definition) is 1. The molecule has 5 nitrogen and oxygen atoms in total. The molecule has 2 aromatic heterocycles. The third-order valence-corrected chi connectivity index (χ3v) is 3.55. The molecule has 0 amide bonds. The van der Waals surface area contributed by atoms with E-state index in [0.29, 0.717) is 22.4 Å². The molecule has 0 bridgehead atoms. The molecule has 0 spiro atoms. The fourth-order valence-corrected chi connectivity index (χ4v) is 2.31. The predicted octanol–water partition coefficient (Wildman–Crippen LogP) is 2.97. The first kappa shape index (κ1) is 12.7. The number of aryl methyl sites for hydroxylation is 1. The maximum absolute atomic E-state index is 6.13. The Balaban J connectivity index is 2.36. The molecule has 2 heterocycles. The highest BCUT2D eigenvalue weighted by atomic mass is 35.5. The van der Waals surface area contributed by atoms with Crippen molar-refractivity contribution < 1.29 is 4.74 Å². The minimum atomic E-state index is 0.360. The molecule has 0 aliphatic carbocycles. The number of ether oxygens (including phenoxy) is 1. The van der Waals surface area contributed by atoms with Gasteiger partial charge in [0.2, 0.25) is 5.95 Å². The molecule has 0 saturated carbocycles. The van der Waals surface area contributed by atoms with Crippen molar-refractivity contribution in [2.45, 2.75) is 6.92 Å². The Hall–Kier alpha value is -2.27. The molecule has 0 saturated heterocycles. The Morgan fingerprint density at radius 2 is 2.15 bits per heavy atom. The van der Waals surface area contributed by atoms with Crippen molar-refractivity contribution in [3.8, 4) is 11.4 Å². The predicted molar refractivity (Wildman–Crippen MR) is 79.6 cm³/mol. The summed E-state index contributed by atoms with van der Waals surface area (Å²) >= 11 is 6.13. The number of nitrogen functional groups attached to an aromatic ring is 1. The average molecular weight is 289 g/mol. The molecular weight excluding hydrogens is 276 g/mol. The van der Waals surface area contributed by atoms with Crippen LogP contribution in [-0.2, 0) is 0 Å². The van der Waals surface area contributed by atoms with Crippen molar-refractivity contribution in [1.82, 2.24) is 14.5 Å². The Labute approximate surface area is 121 Å². The molecule has 0 unspecified atom stereocenters. The van der Waals surface area contributed by atoms with Crippen LogP contribution in [0.3, 0.4) is 0 Å².